The summed E-state index contributed by atoms with van der Waals surface area (Å²) >= 11 is 0. The fourth-order valence-electron chi connectivity index (χ4n) is 1.53. The third-order valence-electron chi connectivity index (χ3n) is 2.27. The summed E-state index contributed by atoms with van der Waals surface area (Å²) in [4.78, 5) is 0. The van der Waals surface area contributed by atoms with E-state index in [1.54, 1.807) is 0 Å². The Labute approximate surface area is 103 Å². The minimum atomic E-state index is -1.28. The van der Waals surface area contributed by atoms with Gasteiger partial charge in [0, 0.05) is 2.74 Å². The molecule has 0 amide bonds. The fourth-order valence-corrected chi connectivity index (χ4v) is 1.53. The van der Waals surface area contributed by atoms with Gasteiger partial charge in [-0.3, -0.25) is 0 Å². The summed E-state index contributed by atoms with van der Waals surface area (Å²) in [5.41, 5.74) is 1.24. The van der Waals surface area contributed by atoms with Gasteiger partial charge < -0.3 is 4.74 Å². The van der Waals surface area contributed by atoms with Gasteiger partial charge in [-0.05, 0) is 42.3 Å². The number of hydrogen-bond donors (Lipinski definition) is 0. The van der Waals surface area contributed by atoms with Crippen molar-refractivity contribution in [2.75, 3.05) is 6.61 Å². The van der Waals surface area contributed by atoms with Crippen molar-refractivity contribution >= 4 is 0 Å². The summed E-state index contributed by atoms with van der Waals surface area (Å²) in [6.07, 6.45) is -0.262. The highest BCUT2D eigenvalue weighted by Crippen LogP contribution is 2.16. The number of benzene rings is 1. The second-order valence-electron chi connectivity index (χ2n) is 4.89. The van der Waals surface area contributed by atoms with Gasteiger partial charge in [-0.15, -0.1) is 0 Å². The Hall–Kier alpha value is -0.980. The van der Waals surface area contributed by atoms with Crippen molar-refractivity contribution in [2.45, 2.75) is 40.5 Å². The molecule has 1 heteroatoms. The molecule has 0 radical (unpaired) electrons. The zero-order valence-electron chi connectivity index (χ0n) is 12.8. The first-order valence-electron chi connectivity index (χ1n) is 7.03. The lowest BCUT2D eigenvalue weighted by atomic mass is 10.0. The van der Waals surface area contributed by atoms with Gasteiger partial charge in [0.1, 0.15) is 5.75 Å². The van der Waals surface area contributed by atoms with Crippen LogP contribution in [0.15, 0.2) is 24.3 Å². The molecule has 0 aliphatic rings. The van der Waals surface area contributed by atoms with Crippen LogP contribution in [0, 0.1) is 11.8 Å². The number of rotatable bonds is 6. The van der Waals surface area contributed by atoms with Crippen molar-refractivity contribution in [1.29, 1.82) is 0 Å². The maximum Gasteiger partial charge on any atom is 0.119 e. The highest BCUT2D eigenvalue weighted by atomic mass is 16.5. The Balaban J connectivity index is 2.63. The summed E-state index contributed by atoms with van der Waals surface area (Å²) in [6, 6.07) is 7.96. The first-order valence-corrected chi connectivity index (χ1v) is 6.03. The van der Waals surface area contributed by atoms with Crippen molar-refractivity contribution in [3.8, 4) is 5.75 Å². The molecule has 90 valence electrons. The maximum atomic E-state index is 7.84. The zero-order valence-corrected chi connectivity index (χ0v) is 10.8. The van der Waals surface area contributed by atoms with E-state index in [-0.39, 0.29) is 12.5 Å². The van der Waals surface area contributed by atoms with Crippen molar-refractivity contribution in [1.82, 2.24) is 0 Å². The predicted octanol–water partition coefficient (Wildman–Crippen LogP) is 4.31. The summed E-state index contributed by atoms with van der Waals surface area (Å²) in [6.45, 7) is 8.22. The molecule has 0 unspecified atom stereocenters. The highest BCUT2D eigenvalue weighted by molar-refractivity contribution is 5.28. The molecule has 0 N–H and O–H groups in total. The molecule has 0 atom stereocenters. The molecule has 0 saturated heterocycles. The van der Waals surface area contributed by atoms with Crippen molar-refractivity contribution in [3.63, 3.8) is 0 Å². The van der Waals surface area contributed by atoms with Crippen LogP contribution in [0.3, 0.4) is 0 Å². The smallest absolute Gasteiger partial charge is 0.119 e. The van der Waals surface area contributed by atoms with Crippen LogP contribution in [0.2, 0.25) is 0 Å². The second-order valence-corrected chi connectivity index (χ2v) is 4.89. The van der Waals surface area contributed by atoms with E-state index in [4.69, 9.17) is 7.48 Å². The topological polar surface area (TPSA) is 9.23 Å². The largest absolute Gasteiger partial charge is 0.494 e. The van der Waals surface area contributed by atoms with Crippen molar-refractivity contribution in [2.24, 2.45) is 11.8 Å². The normalized spacial score (nSPS) is 13.9. The van der Waals surface area contributed by atoms with Crippen molar-refractivity contribution in [3.05, 3.63) is 29.8 Å². The number of ether oxygens (including phenoxy) is 1. The summed E-state index contributed by atoms with van der Waals surface area (Å²) in [5, 5.41) is 0. The molecule has 1 nitrogen and oxygen atoms in total. The first kappa shape index (κ1) is 10.2. The lowest BCUT2D eigenvalue weighted by Crippen LogP contribution is -2.02. The minimum absolute atomic E-state index is 0.0450. The third kappa shape index (κ3) is 5.20. The lowest BCUT2D eigenvalue weighted by molar-refractivity contribution is 0.289. The molecular formula is C15H24O. The molecule has 1 aromatic carbocycles. The third-order valence-corrected chi connectivity index (χ3v) is 2.27. The standard InChI is InChI=1S/C15H24O/c1-12(2)8-9-16-15-7-5-6-14(11-15)10-13(3)4/h5-7,11-13H,8-10H2,1-4H3/i8D2. The second kappa shape index (κ2) is 6.57. The Bertz CT molecular complexity index is 373. The Kier molecular flexibility index (Phi) is 4.18. The minimum Gasteiger partial charge on any atom is -0.494 e. The molecule has 0 heterocycles. The molecule has 0 aliphatic heterocycles. The lowest BCUT2D eigenvalue weighted by Gasteiger charge is -2.10. The van der Waals surface area contributed by atoms with E-state index < -0.39 is 6.37 Å². The number of hydrogen-bond acceptors (Lipinski definition) is 1. The van der Waals surface area contributed by atoms with Crippen LogP contribution in [-0.4, -0.2) is 6.61 Å². The Morgan fingerprint density at radius 3 is 2.56 bits per heavy atom. The molecule has 0 bridgehead atoms. The van der Waals surface area contributed by atoms with Gasteiger partial charge in [0.25, 0.3) is 0 Å². The average Bonchev–Trinajstić information content (AvgIpc) is 2.26. The van der Waals surface area contributed by atoms with E-state index in [9.17, 15) is 0 Å². The van der Waals surface area contributed by atoms with Crippen LogP contribution >= 0.6 is 0 Å². The zero-order chi connectivity index (χ0) is 13.8. The Morgan fingerprint density at radius 2 is 1.94 bits per heavy atom. The van der Waals surface area contributed by atoms with Crippen LogP contribution in [-0.2, 0) is 6.42 Å². The molecular weight excluding hydrogens is 196 g/mol. The summed E-state index contributed by atoms with van der Waals surface area (Å²) < 4.78 is 21.3. The molecule has 0 aromatic heterocycles. The van der Waals surface area contributed by atoms with E-state index in [1.165, 1.54) is 5.56 Å². The molecule has 0 fully saturated rings. The van der Waals surface area contributed by atoms with Gasteiger partial charge in [-0.25, -0.2) is 0 Å². The van der Waals surface area contributed by atoms with Crippen LogP contribution in [0.4, 0.5) is 0 Å². The van der Waals surface area contributed by atoms with Crippen molar-refractivity contribution < 1.29 is 7.48 Å². The predicted molar refractivity (Wildman–Crippen MR) is 69.9 cm³/mol. The maximum absolute atomic E-state index is 7.84. The highest BCUT2D eigenvalue weighted by Gasteiger charge is 2.00. The van der Waals surface area contributed by atoms with Gasteiger partial charge >= 0.3 is 0 Å². The summed E-state index contributed by atoms with van der Waals surface area (Å²) in [7, 11) is 0. The SMILES string of the molecule is [2H]C([2H])(COc1cccc(CC(C)C)c1)C(C)C. The molecule has 0 saturated carbocycles. The van der Waals surface area contributed by atoms with Gasteiger partial charge in [-0.1, -0.05) is 39.8 Å². The van der Waals surface area contributed by atoms with E-state index in [2.05, 4.69) is 19.9 Å². The monoisotopic (exact) mass is 222 g/mol. The van der Waals surface area contributed by atoms with Crippen LogP contribution < -0.4 is 4.74 Å². The van der Waals surface area contributed by atoms with Crippen LogP contribution in [0.5, 0.6) is 5.75 Å². The molecule has 1 rings (SSSR count). The summed E-state index contributed by atoms with van der Waals surface area (Å²) in [5.74, 6) is 1.33. The van der Waals surface area contributed by atoms with E-state index in [0.29, 0.717) is 5.92 Å². The van der Waals surface area contributed by atoms with Gasteiger partial charge in [0.05, 0.1) is 6.61 Å². The van der Waals surface area contributed by atoms with Crippen LogP contribution in [0.25, 0.3) is 0 Å². The van der Waals surface area contributed by atoms with Gasteiger partial charge in [0.2, 0.25) is 0 Å². The molecule has 0 spiro atoms. The molecule has 1 aromatic rings. The van der Waals surface area contributed by atoms with Crippen LogP contribution in [0.1, 0.15) is 42.4 Å². The molecule has 16 heavy (non-hydrogen) atoms. The van der Waals surface area contributed by atoms with Gasteiger partial charge in [-0.2, -0.15) is 0 Å². The van der Waals surface area contributed by atoms with E-state index >= 15 is 0 Å². The first-order chi connectivity index (χ1) is 8.31. The molecule has 0 aliphatic carbocycles. The fraction of sp³-hybridized carbons (Fsp3) is 0.600. The Morgan fingerprint density at radius 1 is 1.19 bits per heavy atom. The van der Waals surface area contributed by atoms with E-state index in [0.717, 1.165) is 12.2 Å². The van der Waals surface area contributed by atoms with Gasteiger partial charge in [0.15, 0.2) is 0 Å². The average molecular weight is 222 g/mol. The van der Waals surface area contributed by atoms with E-state index in [1.807, 2.05) is 32.0 Å². The quantitative estimate of drug-likeness (QED) is 0.697.